The van der Waals surface area contributed by atoms with Gasteiger partial charge in [0.25, 0.3) is 0 Å². The topological polar surface area (TPSA) is 6.48 Å². The quantitative estimate of drug-likeness (QED) is 0.270. The summed E-state index contributed by atoms with van der Waals surface area (Å²) >= 11 is 0. The van der Waals surface area contributed by atoms with Crippen LogP contribution in [0.2, 0.25) is 0 Å². The van der Waals surface area contributed by atoms with Crippen LogP contribution in [0.4, 0.5) is 0 Å². The monoisotopic (exact) mass is 719 g/mol. The summed E-state index contributed by atoms with van der Waals surface area (Å²) in [6.45, 7) is 26.2. The third-order valence-electron chi connectivity index (χ3n) is 18.5. The number of rotatable bonds is 6. The highest BCUT2D eigenvalue weighted by atomic mass is 15.3. The molecule has 52 heavy (non-hydrogen) atoms. The van der Waals surface area contributed by atoms with Crippen LogP contribution in [-0.2, 0) is 0 Å². The van der Waals surface area contributed by atoms with Gasteiger partial charge in [0.1, 0.15) is 0 Å². The second-order valence-corrected chi connectivity index (χ2v) is 23.8. The van der Waals surface area contributed by atoms with E-state index in [2.05, 4.69) is 79.0 Å². The Morgan fingerprint density at radius 1 is 0.365 bits per heavy atom. The zero-order valence-electron chi connectivity index (χ0n) is 36.7. The van der Waals surface area contributed by atoms with Crippen LogP contribution >= 0.6 is 0 Å². The van der Waals surface area contributed by atoms with Gasteiger partial charge in [-0.1, -0.05) is 94.9 Å². The van der Waals surface area contributed by atoms with Gasteiger partial charge in [-0.2, -0.15) is 0 Å². The Hall–Kier alpha value is -0.0800. The molecule has 7 aliphatic rings. The SMILES string of the molecule is CC1CCC(N(C2CCCCC2C)C2C3CCC(C(C)(C)C)CC3C(N(C3CCC(C)CC3)C3CCCCC3C)C3CCC(C(C)(C)C)CC32)CC1. The molecule has 2 nitrogen and oxygen atoms in total. The third-order valence-corrected chi connectivity index (χ3v) is 18.5. The summed E-state index contributed by atoms with van der Waals surface area (Å²) in [6.07, 6.45) is 32.8. The molecule has 0 bridgehead atoms. The summed E-state index contributed by atoms with van der Waals surface area (Å²) in [4.78, 5) is 6.97. The molecule has 7 rings (SSSR count). The zero-order chi connectivity index (χ0) is 36.9. The molecule has 0 saturated heterocycles. The second-order valence-electron chi connectivity index (χ2n) is 23.8. The molecule has 7 fully saturated rings. The summed E-state index contributed by atoms with van der Waals surface area (Å²) in [5, 5.41) is 0. The van der Waals surface area contributed by atoms with Crippen LogP contribution in [0.15, 0.2) is 0 Å². The van der Waals surface area contributed by atoms with Crippen LogP contribution in [0.3, 0.4) is 0 Å². The predicted molar refractivity (Wildman–Crippen MR) is 224 cm³/mol. The first-order valence-corrected chi connectivity index (χ1v) is 24.3. The standard InChI is InChI=1S/C50H90N2/c1-33-19-25-39(26-20-33)51(45-17-13-11-15-35(45)3)47-41-29-23-38(50(8,9)10)32-44(41)48(42-30-24-37(31-43(42)47)49(5,6)7)52(40-27-21-34(2)22-28-40)46-18-14-12-16-36(46)4/h33-48H,11-32H2,1-10H3. The fourth-order valence-corrected chi connectivity index (χ4v) is 15.2. The first-order chi connectivity index (χ1) is 24.7. The molecular weight excluding hydrogens is 629 g/mol. The van der Waals surface area contributed by atoms with Crippen LogP contribution in [0.1, 0.15) is 210 Å². The Labute approximate surface area is 325 Å². The Kier molecular flexibility index (Phi) is 12.7. The number of fused-ring (bicyclic) bond motifs is 2. The molecule has 0 radical (unpaired) electrons. The van der Waals surface area contributed by atoms with Gasteiger partial charge >= 0.3 is 0 Å². The van der Waals surface area contributed by atoms with E-state index in [1.807, 2.05) is 0 Å². The Morgan fingerprint density at radius 2 is 0.712 bits per heavy atom. The van der Waals surface area contributed by atoms with Crippen molar-refractivity contribution in [2.45, 2.75) is 247 Å². The first kappa shape index (κ1) is 40.1. The molecule has 0 aliphatic heterocycles. The first-order valence-electron chi connectivity index (χ1n) is 24.3. The predicted octanol–water partition coefficient (Wildman–Crippen LogP) is 13.8. The number of hydrogen-bond donors (Lipinski definition) is 0. The van der Waals surface area contributed by atoms with Crippen molar-refractivity contribution in [1.82, 2.24) is 9.80 Å². The van der Waals surface area contributed by atoms with Crippen LogP contribution in [0, 0.1) is 70.0 Å². The van der Waals surface area contributed by atoms with Gasteiger partial charge in [0.05, 0.1) is 0 Å². The average molecular weight is 719 g/mol. The van der Waals surface area contributed by atoms with E-state index in [-0.39, 0.29) is 0 Å². The molecule has 0 aromatic carbocycles. The van der Waals surface area contributed by atoms with Crippen molar-refractivity contribution in [1.29, 1.82) is 0 Å². The number of hydrogen-bond acceptors (Lipinski definition) is 2. The maximum absolute atomic E-state index is 3.49. The largest absolute Gasteiger partial charge is 0.294 e. The highest BCUT2D eigenvalue weighted by molar-refractivity contribution is 5.13. The van der Waals surface area contributed by atoms with E-state index in [4.69, 9.17) is 0 Å². The van der Waals surface area contributed by atoms with Gasteiger partial charge in [-0.3, -0.25) is 9.80 Å². The van der Waals surface area contributed by atoms with Crippen molar-refractivity contribution in [3.8, 4) is 0 Å². The van der Waals surface area contributed by atoms with Gasteiger partial charge in [-0.15, -0.1) is 0 Å². The highest BCUT2D eigenvalue weighted by Crippen LogP contribution is 2.61. The average Bonchev–Trinajstić information content (AvgIpc) is 3.10. The lowest BCUT2D eigenvalue weighted by Gasteiger charge is -2.66. The lowest BCUT2D eigenvalue weighted by Crippen LogP contribution is -2.70. The lowest BCUT2D eigenvalue weighted by molar-refractivity contribution is -0.171. The Balaban J connectivity index is 1.37. The van der Waals surface area contributed by atoms with E-state index in [9.17, 15) is 0 Å². The van der Waals surface area contributed by atoms with Crippen molar-refractivity contribution >= 4 is 0 Å². The number of nitrogens with zero attached hydrogens (tertiary/aromatic N) is 2. The summed E-state index contributed by atoms with van der Waals surface area (Å²) in [5.41, 5.74) is 0.845. The van der Waals surface area contributed by atoms with Gasteiger partial charge < -0.3 is 0 Å². The van der Waals surface area contributed by atoms with Crippen molar-refractivity contribution in [2.75, 3.05) is 0 Å². The third kappa shape index (κ3) is 8.31. The van der Waals surface area contributed by atoms with E-state index in [0.717, 1.165) is 95.4 Å². The van der Waals surface area contributed by atoms with Crippen molar-refractivity contribution in [3.05, 3.63) is 0 Å². The molecule has 0 aromatic rings. The molecule has 0 aromatic heterocycles. The fourth-order valence-electron chi connectivity index (χ4n) is 15.2. The molecule has 7 saturated carbocycles. The van der Waals surface area contributed by atoms with E-state index in [1.165, 1.54) is 141 Å². The van der Waals surface area contributed by atoms with Crippen LogP contribution < -0.4 is 0 Å². The Bertz CT molecular complexity index is 1030. The van der Waals surface area contributed by atoms with Crippen LogP contribution in [0.5, 0.6) is 0 Å². The Morgan fingerprint density at radius 3 is 1.04 bits per heavy atom. The van der Waals surface area contributed by atoms with E-state index < -0.39 is 0 Å². The summed E-state index contributed by atoms with van der Waals surface area (Å²) in [5.74, 6) is 8.98. The molecule has 12 unspecified atom stereocenters. The molecule has 7 aliphatic carbocycles. The molecule has 0 spiro atoms. The lowest BCUT2D eigenvalue weighted by atomic mass is 9.49. The minimum atomic E-state index is 0.423. The van der Waals surface area contributed by atoms with E-state index in [1.54, 1.807) is 0 Å². The van der Waals surface area contributed by atoms with Gasteiger partial charge in [0, 0.05) is 36.3 Å². The van der Waals surface area contributed by atoms with Crippen molar-refractivity contribution in [3.63, 3.8) is 0 Å². The maximum Gasteiger partial charge on any atom is 0.0164 e. The van der Waals surface area contributed by atoms with Crippen molar-refractivity contribution in [2.24, 2.45) is 70.0 Å². The summed E-state index contributed by atoms with van der Waals surface area (Å²) in [7, 11) is 0. The van der Waals surface area contributed by atoms with E-state index in [0.29, 0.717) is 10.8 Å². The molecular formula is C50H90N2. The smallest absolute Gasteiger partial charge is 0.0164 e. The normalized spacial score (nSPS) is 46.8. The maximum atomic E-state index is 3.49. The molecule has 0 N–H and O–H groups in total. The highest BCUT2D eigenvalue weighted by Gasteiger charge is 2.60. The molecule has 0 heterocycles. The van der Waals surface area contributed by atoms with Crippen molar-refractivity contribution < 1.29 is 0 Å². The van der Waals surface area contributed by atoms with Gasteiger partial charge in [0.2, 0.25) is 0 Å². The summed E-state index contributed by atoms with van der Waals surface area (Å²) in [6, 6.07) is 5.01. The van der Waals surface area contributed by atoms with Crippen LogP contribution in [-0.4, -0.2) is 46.1 Å². The minimum absolute atomic E-state index is 0.423. The van der Waals surface area contributed by atoms with Crippen LogP contribution in [0.25, 0.3) is 0 Å². The minimum Gasteiger partial charge on any atom is -0.294 e. The molecule has 300 valence electrons. The summed E-state index contributed by atoms with van der Waals surface area (Å²) < 4.78 is 0. The van der Waals surface area contributed by atoms with E-state index >= 15 is 0 Å². The zero-order valence-corrected chi connectivity index (χ0v) is 36.7. The van der Waals surface area contributed by atoms with Gasteiger partial charge in [-0.05, 0) is 186 Å². The van der Waals surface area contributed by atoms with Gasteiger partial charge in [-0.25, -0.2) is 0 Å². The fraction of sp³-hybridized carbons (Fsp3) is 1.00. The second kappa shape index (κ2) is 16.4. The molecule has 2 heteroatoms. The molecule has 12 atom stereocenters. The van der Waals surface area contributed by atoms with Gasteiger partial charge in [0.15, 0.2) is 0 Å². The molecule has 0 amide bonds.